The minimum absolute atomic E-state index is 0.191. The van der Waals surface area contributed by atoms with Crippen LogP contribution in [-0.2, 0) is 0 Å². The minimum atomic E-state index is 0.191. The first kappa shape index (κ1) is 13.3. The molecule has 22 heavy (non-hydrogen) atoms. The number of anilines is 1. The van der Waals surface area contributed by atoms with E-state index in [9.17, 15) is 4.79 Å². The lowest BCUT2D eigenvalue weighted by atomic mass is 10.1. The third-order valence-corrected chi connectivity index (χ3v) is 4.85. The van der Waals surface area contributed by atoms with Gasteiger partial charge in [0.15, 0.2) is 17.2 Å². The van der Waals surface area contributed by atoms with E-state index in [1.807, 2.05) is 29.6 Å². The summed E-state index contributed by atoms with van der Waals surface area (Å²) in [5.41, 5.74) is 0.620. The van der Waals surface area contributed by atoms with E-state index in [1.165, 1.54) is 16.0 Å². The van der Waals surface area contributed by atoms with Crippen molar-refractivity contribution in [3.63, 3.8) is 0 Å². The lowest BCUT2D eigenvalue weighted by Gasteiger charge is -2.24. The molecule has 3 aromatic rings. The molecule has 0 bridgehead atoms. The number of carbonyl (C=O) groups excluding carboxylic acids is 1. The van der Waals surface area contributed by atoms with Crippen LogP contribution >= 0.6 is 11.3 Å². The quantitative estimate of drug-likeness (QED) is 0.684. The second-order valence-corrected chi connectivity index (χ2v) is 6.26. The Morgan fingerprint density at radius 3 is 3.18 bits per heavy atom. The summed E-state index contributed by atoms with van der Waals surface area (Å²) in [5, 5.41) is 17.7. The summed E-state index contributed by atoms with van der Waals surface area (Å²) in [6, 6.07) is 7.75. The summed E-state index contributed by atoms with van der Waals surface area (Å²) in [6.07, 6.45) is 2.60. The van der Waals surface area contributed by atoms with Crippen LogP contribution in [0.2, 0.25) is 0 Å². The molecule has 7 nitrogen and oxygen atoms in total. The summed E-state index contributed by atoms with van der Waals surface area (Å²) < 4.78 is 1.42. The highest BCUT2D eigenvalue weighted by molar-refractivity contribution is 7.12. The zero-order valence-electron chi connectivity index (χ0n) is 11.8. The maximum atomic E-state index is 12.3. The van der Waals surface area contributed by atoms with Gasteiger partial charge in [0.1, 0.15) is 0 Å². The smallest absolute Gasteiger partial charge is 0.200 e. The van der Waals surface area contributed by atoms with Gasteiger partial charge in [0.25, 0.3) is 0 Å². The van der Waals surface area contributed by atoms with Crippen LogP contribution in [0.3, 0.4) is 0 Å². The van der Waals surface area contributed by atoms with E-state index in [0.29, 0.717) is 12.1 Å². The third-order valence-electron chi connectivity index (χ3n) is 3.94. The normalized spacial score (nSPS) is 18.2. The molecule has 0 amide bonds. The van der Waals surface area contributed by atoms with Crippen molar-refractivity contribution in [2.24, 2.45) is 0 Å². The Balaban J connectivity index is 1.56. The average Bonchev–Trinajstić information content (AvgIpc) is 3.27. The highest BCUT2D eigenvalue weighted by Gasteiger charge is 2.28. The maximum absolute atomic E-state index is 12.3. The monoisotopic (exact) mass is 314 g/mol. The first-order chi connectivity index (χ1) is 10.8. The van der Waals surface area contributed by atoms with Crippen molar-refractivity contribution in [1.82, 2.24) is 25.3 Å². The first-order valence-corrected chi connectivity index (χ1v) is 8.08. The number of fused-ring (bicyclic) bond motifs is 1. The van der Waals surface area contributed by atoms with Gasteiger partial charge in [-0.1, -0.05) is 6.07 Å². The summed E-state index contributed by atoms with van der Waals surface area (Å²) in [4.78, 5) is 15.4. The summed E-state index contributed by atoms with van der Waals surface area (Å²) in [6.45, 7) is 0.906. The Labute approximate surface area is 130 Å². The Morgan fingerprint density at radius 1 is 1.36 bits per heavy atom. The van der Waals surface area contributed by atoms with Crippen molar-refractivity contribution in [3.8, 4) is 0 Å². The molecule has 1 saturated heterocycles. The molecule has 4 heterocycles. The molecular weight excluding hydrogens is 300 g/mol. The number of thiophene rings is 1. The molecule has 8 heteroatoms. The standard InChI is InChI=1S/C14H14N6OS/c21-11(12-4-2-8-22-12)9-10-3-1-7-19(10)14-6-5-13-15-17-18-20(13)16-14/h2,4-6,8,10H,1,3,7,9H2. The summed E-state index contributed by atoms with van der Waals surface area (Å²) in [7, 11) is 0. The molecule has 0 radical (unpaired) electrons. The van der Waals surface area contributed by atoms with Crippen LogP contribution in [0.5, 0.6) is 0 Å². The minimum Gasteiger partial charge on any atom is -0.352 e. The zero-order chi connectivity index (χ0) is 14.9. The predicted octanol–water partition coefficient (Wildman–Crippen LogP) is 1.82. The van der Waals surface area contributed by atoms with E-state index in [2.05, 4.69) is 25.5 Å². The van der Waals surface area contributed by atoms with Crippen LogP contribution < -0.4 is 4.90 Å². The zero-order valence-corrected chi connectivity index (χ0v) is 12.6. The molecule has 112 valence electrons. The number of Topliss-reactive ketones (excluding diaryl/α,β-unsaturated/α-hetero) is 1. The molecule has 1 aliphatic rings. The predicted molar refractivity (Wildman–Crippen MR) is 82.2 cm³/mol. The van der Waals surface area contributed by atoms with Gasteiger partial charge in [-0.15, -0.1) is 26.2 Å². The molecule has 1 fully saturated rings. The lowest BCUT2D eigenvalue weighted by Crippen LogP contribution is -2.32. The molecule has 4 rings (SSSR count). The van der Waals surface area contributed by atoms with Crippen molar-refractivity contribution in [2.75, 3.05) is 11.4 Å². The average molecular weight is 314 g/mol. The molecule has 1 atom stereocenters. The van der Waals surface area contributed by atoms with E-state index in [0.717, 1.165) is 30.1 Å². The molecule has 0 spiro atoms. The molecule has 1 aliphatic heterocycles. The number of aromatic nitrogens is 5. The van der Waals surface area contributed by atoms with Gasteiger partial charge >= 0.3 is 0 Å². The maximum Gasteiger partial charge on any atom is 0.200 e. The van der Waals surface area contributed by atoms with Gasteiger partial charge in [0.2, 0.25) is 0 Å². The first-order valence-electron chi connectivity index (χ1n) is 7.20. The van der Waals surface area contributed by atoms with Crippen LogP contribution in [-0.4, -0.2) is 43.6 Å². The number of tetrazole rings is 1. The van der Waals surface area contributed by atoms with Gasteiger partial charge in [-0.25, -0.2) is 0 Å². The number of ketones is 1. The van der Waals surface area contributed by atoms with Crippen molar-refractivity contribution < 1.29 is 4.79 Å². The topological polar surface area (TPSA) is 76.3 Å². The van der Waals surface area contributed by atoms with Gasteiger partial charge in [0, 0.05) is 19.0 Å². The number of hydrogen-bond donors (Lipinski definition) is 0. The summed E-state index contributed by atoms with van der Waals surface area (Å²) in [5.74, 6) is 1.02. The molecule has 0 saturated carbocycles. The van der Waals surface area contributed by atoms with Gasteiger partial charge < -0.3 is 4.90 Å². The number of carbonyl (C=O) groups is 1. The fourth-order valence-electron chi connectivity index (χ4n) is 2.89. The highest BCUT2D eigenvalue weighted by Crippen LogP contribution is 2.27. The summed E-state index contributed by atoms with van der Waals surface area (Å²) >= 11 is 1.50. The van der Waals surface area contributed by atoms with E-state index in [-0.39, 0.29) is 11.8 Å². The van der Waals surface area contributed by atoms with Crippen molar-refractivity contribution >= 4 is 28.6 Å². The van der Waals surface area contributed by atoms with Crippen molar-refractivity contribution in [3.05, 3.63) is 34.5 Å². The molecule has 3 aromatic heterocycles. The Kier molecular flexibility index (Phi) is 3.30. The number of hydrogen-bond acceptors (Lipinski definition) is 7. The Hall–Kier alpha value is -2.35. The molecule has 0 aromatic carbocycles. The van der Waals surface area contributed by atoms with E-state index in [4.69, 9.17) is 0 Å². The lowest BCUT2D eigenvalue weighted by molar-refractivity contribution is 0.0978. The molecule has 1 unspecified atom stereocenters. The third kappa shape index (κ3) is 2.35. The van der Waals surface area contributed by atoms with E-state index < -0.39 is 0 Å². The van der Waals surface area contributed by atoms with Crippen LogP contribution in [0, 0.1) is 0 Å². The fraction of sp³-hybridized carbons (Fsp3) is 0.357. The number of nitrogens with zero attached hydrogens (tertiary/aromatic N) is 6. The Bertz CT molecular complexity index is 799. The largest absolute Gasteiger partial charge is 0.352 e. The van der Waals surface area contributed by atoms with E-state index in [1.54, 1.807) is 0 Å². The van der Waals surface area contributed by atoms with Crippen molar-refractivity contribution in [2.45, 2.75) is 25.3 Å². The highest BCUT2D eigenvalue weighted by atomic mass is 32.1. The van der Waals surface area contributed by atoms with E-state index >= 15 is 0 Å². The Morgan fingerprint density at radius 2 is 2.32 bits per heavy atom. The second-order valence-electron chi connectivity index (χ2n) is 5.31. The molecule has 0 aliphatic carbocycles. The number of rotatable bonds is 4. The fourth-order valence-corrected chi connectivity index (χ4v) is 3.57. The SMILES string of the molecule is O=C(CC1CCCN1c1ccc2nnnn2n1)c1cccs1. The molecule has 0 N–H and O–H groups in total. The van der Waals surface area contributed by atoms with Crippen molar-refractivity contribution in [1.29, 1.82) is 0 Å². The molecular formula is C14H14N6OS. The second kappa shape index (κ2) is 5.45. The van der Waals surface area contributed by atoms with Gasteiger partial charge in [-0.05, 0) is 46.8 Å². The van der Waals surface area contributed by atoms with Gasteiger partial charge in [-0.3, -0.25) is 4.79 Å². The van der Waals surface area contributed by atoms with Crippen LogP contribution in [0.25, 0.3) is 5.65 Å². The van der Waals surface area contributed by atoms with Gasteiger partial charge in [0.05, 0.1) is 4.88 Å². The van der Waals surface area contributed by atoms with Gasteiger partial charge in [-0.2, -0.15) is 0 Å². The van der Waals surface area contributed by atoms with Crippen LogP contribution in [0.4, 0.5) is 5.82 Å². The van der Waals surface area contributed by atoms with Crippen LogP contribution in [0.1, 0.15) is 28.9 Å². The van der Waals surface area contributed by atoms with Crippen LogP contribution in [0.15, 0.2) is 29.6 Å².